The molecule has 1 rings (SSSR count). The van der Waals surface area contributed by atoms with Gasteiger partial charge >= 0.3 is 5.97 Å². The highest BCUT2D eigenvalue weighted by Gasteiger charge is 2.53. The molecule has 7 N–H and O–H groups in total. The van der Waals surface area contributed by atoms with Gasteiger partial charge in [-0.05, 0) is 6.92 Å². The smallest absolute Gasteiger partial charge is 0.364 e. The van der Waals surface area contributed by atoms with Gasteiger partial charge in [0, 0.05) is 19.4 Å². The number of hydrogen-bond acceptors (Lipinski definition) is 9. The molecule has 1 aliphatic rings. The first kappa shape index (κ1) is 19.9. The van der Waals surface area contributed by atoms with E-state index in [2.05, 4.69) is 5.32 Å². The second-order valence-corrected chi connectivity index (χ2v) is 5.62. The van der Waals surface area contributed by atoms with Crippen molar-refractivity contribution >= 4 is 11.8 Å². The highest BCUT2D eigenvalue weighted by molar-refractivity contribution is 5.76. The number of aliphatic carboxylic acids is 1. The topological polar surface area (TPSA) is 177 Å². The summed E-state index contributed by atoms with van der Waals surface area (Å²) in [6, 6.07) is -1.05. The summed E-state index contributed by atoms with van der Waals surface area (Å²) in [5, 5.41) is 60.2. The highest BCUT2D eigenvalue weighted by Crippen LogP contribution is 2.30. The second-order valence-electron chi connectivity index (χ2n) is 5.62. The Hall–Kier alpha value is -1.14. The number of carboxylic acids is 1. The van der Waals surface area contributed by atoms with Crippen molar-refractivity contribution in [3.8, 4) is 0 Å². The van der Waals surface area contributed by atoms with Crippen molar-refractivity contribution in [2.75, 3.05) is 13.2 Å². The minimum Gasteiger partial charge on any atom is -0.477 e. The van der Waals surface area contributed by atoms with Crippen LogP contribution < -0.4 is 5.32 Å². The van der Waals surface area contributed by atoms with Gasteiger partial charge in [0.1, 0.15) is 24.1 Å². The molecule has 134 valence electrons. The molecule has 1 saturated heterocycles. The van der Waals surface area contributed by atoms with E-state index in [0.717, 1.165) is 0 Å². The van der Waals surface area contributed by atoms with Crippen LogP contribution in [0.3, 0.4) is 0 Å². The zero-order valence-corrected chi connectivity index (χ0v) is 12.6. The van der Waals surface area contributed by atoms with Gasteiger partial charge in [0.2, 0.25) is 0 Å². The number of aliphatic hydroxyl groups is 5. The van der Waals surface area contributed by atoms with E-state index in [1.165, 1.54) is 6.92 Å². The fourth-order valence-electron chi connectivity index (χ4n) is 2.39. The summed E-state index contributed by atoms with van der Waals surface area (Å²) in [4.78, 5) is 22.0. The normalized spacial score (nSPS) is 33.9. The zero-order valence-electron chi connectivity index (χ0n) is 12.6. The van der Waals surface area contributed by atoms with Crippen LogP contribution in [0.5, 0.6) is 0 Å². The molecule has 1 heterocycles. The summed E-state index contributed by atoms with van der Waals surface area (Å²) in [5.74, 6) is -4.62. The maximum Gasteiger partial charge on any atom is 0.364 e. The summed E-state index contributed by atoms with van der Waals surface area (Å²) in [5.41, 5.74) is 0. The predicted molar refractivity (Wildman–Crippen MR) is 74.3 cm³/mol. The summed E-state index contributed by atoms with van der Waals surface area (Å²) in [7, 11) is 0. The largest absolute Gasteiger partial charge is 0.477 e. The number of Topliss-reactive ketones (excluding diaryl/α,β-unsaturated/α-hetero) is 1. The lowest BCUT2D eigenvalue weighted by molar-refractivity contribution is -0.295. The standard InChI is InChI=1S/C13H23NO9/c1-6(16)2-3-14-9-7(17)4-13(22,12(20)21)23-11(9)10(19)8(18)5-15/h7-11,14-15,17-19,22H,2-5H2,1H3,(H,20,21)/t7-,8+,9+,10+,11+,13?/m0/s1. The number of hydrogen-bond donors (Lipinski definition) is 7. The number of carbonyl (C=O) groups is 2. The van der Waals surface area contributed by atoms with Gasteiger partial charge < -0.3 is 40.7 Å². The van der Waals surface area contributed by atoms with Crippen molar-refractivity contribution in [3.05, 3.63) is 0 Å². The fraction of sp³-hybridized carbons (Fsp3) is 0.846. The molecule has 23 heavy (non-hydrogen) atoms. The third-order valence-electron chi connectivity index (χ3n) is 3.69. The molecule has 0 aliphatic carbocycles. The van der Waals surface area contributed by atoms with Gasteiger partial charge in [0.25, 0.3) is 5.79 Å². The minimum absolute atomic E-state index is 0.115. The fourth-order valence-corrected chi connectivity index (χ4v) is 2.39. The van der Waals surface area contributed by atoms with Crippen LogP contribution in [-0.4, -0.2) is 91.8 Å². The maximum absolute atomic E-state index is 11.1. The Labute approximate surface area is 132 Å². The summed E-state index contributed by atoms with van der Waals surface area (Å²) in [6.07, 6.45) is -6.93. The lowest BCUT2D eigenvalue weighted by Crippen LogP contribution is -2.66. The molecule has 0 amide bonds. The molecular weight excluding hydrogens is 314 g/mol. The van der Waals surface area contributed by atoms with Crippen molar-refractivity contribution < 1.29 is 45.0 Å². The monoisotopic (exact) mass is 337 g/mol. The van der Waals surface area contributed by atoms with Gasteiger partial charge in [-0.15, -0.1) is 0 Å². The minimum atomic E-state index is -2.74. The molecule has 0 aromatic carbocycles. The molecule has 0 spiro atoms. The van der Waals surface area contributed by atoms with Crippen LogP contribution in [0.4, 0.5) is 0 Å². The van der Waals surface area contributed by atoms with Crippen LogP contribution >= 0.6 is 0 Å². The van der Waals surface area contributed by atoms with E-state index in [1.54, 1.807) is 0 Å². The first-order chi connectivity index (χ1) is 10.6. The Morgan fingerprint density at radius 1 is 1.39 bits per heavy atom. The summed E-state index contributed by atoms with van der Waals surface area (Å²) in [6.45, 7) is 0.646. The summed E-state index contributed by atoms with van der Waals surface area (Å²) >= 11 is 0. The van der Waals surface area contributed by atoms with E-state index >= 15 is 0 Å². The molecule has 0 bridgehead atoms. The van der Waals surface area contributed by atoms with Crippen molar-refractivity contribution in [2.45, 2.75) is 56.0 Å². The lowest BCUT2D eigenvalue weighted by Gasteiger charge is -2.44. The molecule has 0 radical (unpaired) electrons. The van der Waals surface area contributed by atoms with Crippen LogP contribution in [0.25, 0.3) is 0 Å². The van der Waals surface area contributed by atoms with Crippen molar-refractivity contribution in [1.82, 2.24) is 5.32 Å². The average molecular weight is 337 g/mol. The van der Waals surface area contributed by atoms with Crippen molar-refractivity contribution in [2.24, 2.45) is 0 Å². The van der Waals surface area contributed by atoms with Crippen LogP contribution in [0.15, 0.2) is 0 Å². The van der Waals surface area contributed by atoms with Crippen molar-refractivity contribution in [3.63, 3.8) is 0 Å². The second kappa shape index (κ2) is 8.11. The van der Waals surface area contributed by atoms with Gasteiger partial charge in [-0.2, -0.15) is 0 Å². The van der Waals surface area contributed by atoms with Crippen LogP contribution in [0.1, 0.15) is 19.8 Å². The molecule has 0 saturated carbocycles. The van der Waals surface area contributed by atoms with Gasteiger partial charge in [-0.3, -0.25) is 4.79 Å². The molecule has 0 aromatic rings. The van der Waals surface area contributed by atoms with E-state index in [0.29, 0.717) is 0 Å². The van der Waals surface area contributed by atoms with Gasteiger partial charge in [0.05, 0.1) is 18.8 Å². The molecule has 1 aliphatic heterocycles. The Balaban J connectivity index is 2.95. The SMILES string of the molecule is CC(=O)CCN[C@H]1[C@H]([C@H](O)[C@H](O)CO)OC(O)(C(=O)O)C[C@@H]1O. The molecule has 10 heteroatoms. The molecule has 10 nitrogen and oxygen atoms in total. The molecule has 1 fully saturated rings. The zero-order chi connectivity index (χ0) is 17.8. The summed E-state index contributed by atoms with van der Waals surface area (Å²) < 4.78 is 4.99. The number of aliphatic hydroxyl groups excluding tert-OH is 4. The Kier molecular flexibility index (Phi) is 7.02. The number of carbonyl (C=O) groups excluding carboxylic acids is 1. The number of rotatable bonds is 8. The first-order valence-electron chi connectivity index (χ1n) is 7.14. The number of ether oxygens (including phenoxy) is 1. The number of nitrogens with one attached hydrogen (secondary N) is 1. The van der Waals surface area contributed by atoms with E-state index in [9.17, 15) is 30.0 Å². The molecule has 6 atom stereocenters. The highest BCUT2D eigenvalue weighted by atomic mass is 16.7. The Bertz CT molecular complexity index is 432. The van der Waals surface area contributed by atoms with Crippen LogP contribution in [0.2, 0.25) is 0 Å². The van der Waals surface area contributed by atoms with Crippen LogP contribution in [-0.2, 0) is 14.3 Å². The quantitative estimate of drug-likeness (QED) is 0.236. The van der Waals surface area contributed by atoms with E-state index in [-0.39, 0.29) is 18.7 Å². The number of ketones is 1. The third kappa shape index (κ3) is 4.91. The lowest BCUT2D eigenvalue weighted by atomic mass is 9.88. The molecule has 0 aromatic heterocycles. The Morgan fingerprint density at radius 2 is 2.00 bits per heavy atom. The van der Waals surface area contributed by atoms with Gasteiger partial charge in [-0.1, -0.05) is 0 Å². The van der Waals surface area contributed by atoms with E-state index in [4.69, 9.17) is 14.9 Å². The average Bonchev–Trinajstić information content (AvgIpc) is 2.47. The first-order valence-corrected chi connectivity index (χ1v) is 7.14. The van der Waals surface area contributed by atoms with E-state index in [1.807, 2.05) is 0 Å². The molecule has 1 unspecified atom stereocenters. The van der Waals surface area contributed by atoms with Gasteiger partial charge in [-0.25, -0.2) is 4.79 Å². The van der Waals surface area contributed by atoms with E-state index < -0.39 is 55.2 Å². The number of carboxylic acid groups (broad SMARTS) is 1. The molecular formula is C13H23NO9. The predicted octanol–water partition coefficient (Wildman–Crippen LogP) is -3.44. The third-order valence-corrected chi connectivity index (χ3v) is 3.69. The van der Waals surface area contributed by atoms with Gasteiger partial charge in [0.15, 0.2) is 0 Å². The maximum atomic E-state index is 11.1. The van der Waals surface area contributed by atoms with Crippen LogP contribution in [0, 0.1) is 0 Å². The Morgan fingerprint density at radius 3 is 2.48 bits per heavy atom. The van der Waals surface area contributed by atoms with Crippen molar-refractivity contribution in [1.29, 1.82) is 0 Å².